The molecule has 0 saturated heterocycles. The van der Waals surface area contributed by atoms with Crippen molar-refractivity contribution in [1.82, 2.24) is 16.0 Å². The van der Waals surface area contributed by atoms with Gasteiger partial charge in [0.25, 0.3) is 0 Å². The van der Waals surface area contributed by atoms with Gasteiger partial charge in [0.15, 0.2) is 0 Å². The molecule has 1 rings (SSSR count). The summed E-state index contributed by atoms with van der Waals surface area (Å²) in [6.07, 6.45) is -1.34. The topological polar surface area (TPSA) is 257 Å². The first-order chi connectivity index (χ1) is 17.2. The highest BCUT2D eigenvalue weighted by Gasteiger charge is 2.31. The van der Waals surface area contributed by atoms with Crippen molar-refractivity contribution in [1.29, 1.82) is 0 Å². The monoisotopic (exact) mass is 522 g/mol. The lowest BCUT2D eigenvalue weighted by atomic mass is 10.0. The molecule has 11 N–H and O–H groups in total. The maximum absolute atomic E-state index is 12.9. The Hall–Kier alpha value is -4.20. The molecule has 0 bridgehead atoms. The van der Waals surface area contributed by atoms with Crippen LogP contribution in [0.3, 0.4) is 0 Å². The fraction of sp³-hybridized carbons (Fsp3) is 0.478. The Bertz CT molecular complexity index is 997. The molecule has 0 spiro atoms. The number of phenolic OH excluding ortho intramolecular Hbond substituents is 1. The summed E-state index contributed by atoms with van der Waals surface area (Å²) in [5.74, 6) is -6.04. The van der Waals surface area contributed by atoms with Crippen molar-refractivity contribution in [3.05, 3.63) is 29.8 Å². The van der Waals surface area contributed by atoms with Crippen molar-refractivity contribution in [2.75, 3.05) is 0 Å². The van der Waals surface area contributed by atoms with Crippen molar-refractivity contribution in [2.45, 2.75) is 63.7 Å². The molecule has 1 aromatic rings. The number of amides is 5. The van der Waals surface area contributed by atoms with Crippen LogP contribution in [-0.2, 0) is 35.2 Å². The maximum atomic E-state index is 12.9. The number of primary amides is 2. The van der Waals surface area contributed by atoms with Crippen LogP contribution in [0.1, 0.15) is 38.7 Å². The molecule has 14 nitrogen and oxygen atoms in total. The average molecular weight is 523 g/mol. The number of carboxylic acid groups (broad SMARTS) is 1. The number of phenols is 1. The van der Waals surface area contributed by atoms with E-state index in [1.54, 1.807) is 13.8 Å². The number of carbonyl (C=O) groups excluding carboxylic acids is 5. The molecule has 204 valence electrons. The van der Waals surface area contributed by atoms with E-state index in [1.165, 1.54) is 24.3 Å². The summed E-state index contributed by atoms with van der Waals surface area (Å²) in [6, 6.07) is 0.291. The number of nitrogens with one attached hydrogen (secondary N) is 3. The zero-order valence-electron chi connectivity index (χ0n) is 20.6. The normalized spacial score (nSPS) is 14.1. The lowest BCUT2D eigenvalue weighted by Crippen LogP contribution is -2.58. The molecule has 5 amide bonds. The van der Waals surface area contributed by atoms with Gasteiger partial charge in [0.05, 0.1) is 12.5 Å². The predicted octanol–water partition coefficient (Wildman–Crippen LogP) is -2.40. The summed E-state index contributed by atoms with van der Waals surface area (Å²) < 4.78 is 0. The van der Waals surface area contributed by atoms with Gasteiger partial charge in [0, 0.05) is 12.8 Å². The minimum absolute atomic E-state index is 0.0313. The Kier molecular flexibility index (Phi) is 12.0. The van der Waals surface area contributed by atoms with Crippen LogP contribution < -0.4 is 33.2 Å². The standard InChI is InChI=1S/C23H34N6O8/c1-11(2)19(26)22(35)27-14(7-8-17(24)31)20(33)28-15(10-18(25)32)21(34)29-16(23(36)37)9-12-3-5-13(30)6-4-12/h3-6,11,14-16,19,30H,7-10,26H2,1-2H3,(H2,24,31)(H2,25,32)(H,27,35)(H,28,33)(H,29,34)(H,36,37). The van der Waals surface area contributed by atoms with E-state index in [0.29, 0.717) is 5.56 Å². The smallest absolute Gasteiger partial charge is 0.326 e. The van der Waals surface area contributed by atoms with Crippen LogP contribution in [0.2, 0.25) is 0 Å². The summed E-state index contributed by atoms with van der Waals surface area (Å²) in [7, 11) is 0. The molecule has 37 heavy (non-hydrogen) atoms. The Labute approximate surface area is 213 Å². The van der Waals surface area contributed by atoms with Crippen molar-refractivity contribution < 1.29 is 39.0 Å². The maximum Gasteiger partial charge on any atom is 0.326 e. The Morgan fingerprint density at radius 3 is 1.81 bits per heavy atom. The summed E-state index contributed by atoms with van der Waals surface area (Å²) in [5.41, 5.74) is 16.6. The SMILES string of the molecule is CC(C)C(N)C(=O)NC(CCC(N)=O)C(=O)NC(CC(N)=O)C(=O)NC(Cc1ccc(O)cc1)C(=O)O. The minimum atomic E-state index is -1.58. The molecule has 0 fully saturated rings. The zero-order chi connectivity index (χ0) is 28.3. The number of rotatable bonds is 15. The van der Waals surface area contributed by atoms with Crippen LogP contribution in [0.25, 0.3) is 0 Å². The lowest BCUT2D eigenvalue weighted by Gasteiger charge is -2.25. The van der Waals surface area contributed by atoms with E-state index in [-0.39, 0.29) is 30.9 Å². The van der Waals surface area contributed by atoms with Gasteiger partial charge in [-0.25, -0.2) is 4.79 Å². The Balaban J connectivity index is 3.06. The number of hydrogen-bond acceptors (Lipinski definition) is 8. The Morgan fingerprint density at radius 1 is 0.811 bits per heavy atom. The van der Waals surface area contributed by atoms with Crippen molar-refractivity contribution >= 4 is 35.5 Å². The first-order valence-electron chi connectivity index (χ1n) is 11.4. The highest BCUT2D eigenvalue weighted by molar-refractivity contribution is 5.96. The molecule has 4 unspecified atom stereocenters. The zero-order valence-corrected chi connectivity index (χ0v) is 20.6. The predicted molar refractivity (Wildman–Crippen MR) is 130 cm³/mol. The van der Waals surface area contributed by atoms with Gasteiger partial charge in [-0.15, -0.1) is 0 Å². The lowest BCUT2D eigenvalue weighted by molar-refractivity contribution is -0.142. The van der Waals surface area contributed by atoms with E-state index in [9.17, 15) is 39.0 Å². The Morgan fingerprint density at radius 2 is 1.32 bits per heavy atom. The third-order valence-electron chi connectivity index (χ3n) is 5.36. The summed E-state index contributed by atoms with van der Waals surface area (Å²) in [4.78, 5) is 72.7. The van der Waals surface area contributed by atoms with Gasteiger partial charge in [0.2, 0.25) is 29.5 Å². The van der Waals surface area contributed by atoms with E-state index >= 15 is 0 Å². The molecule has 0 aliphatic carbocycles. The second-order valence-corrected chi connectivity index (χ2v) is 8.84. The first-order valence-corrected chi connectivity index (χ1v) is 11.4. The highest BCUT2D eigenvalue weighted by atomic mass is 16.4. The molecule has 0 heterocycles. The van der Waals surface area contributed by atoms with Gasteiger partial charge in [-0.05, 0) is 30.0 Å². The van der Waals surface area contributed by atoms with Gasteiger partial charge in [-0.2, -0.15) is 0 Å². The third kappa shape index (κ3) is 10.9. The van der Waals surface area contributed by atoms with E-state index in [4.69, 9.17) is 17.2 Å². The first kappa shape index (κ1) is 30.8. The summed E-state index contributed by atoms with van der Waals surface area (Å²) >= 11 is 0. The van der Waals surface area contributed by atoms with Crippen LogP contribution in [0.4, 0.5) is 0 Å². The molecule has 0 aliphatic rings. The van der Waals surface area contributed by atoms with Crippen LogP contribution in [0, 0.1) is 5.92 Å². The molecule has 0 aliphatic heterocycles. The molecule has 4 atom stereocenters. The van der Waals surface area contributed by atoms with Gasteiger partial charge in [0.1, 0.15) is 23.9 Å². The number of benzene rings is 1. The fourth-order valence-electron chi connectivity index (χ4n) is 3.15. The summed E-state index contributed by atoms with van der Waals surface area (Å²) in [5, 5.41) is 25.9. The molecule has 0 radical (unpaired) electrons. The van der Waals surface area contributed by atoms with Gasteiger partial charge < -0.3 is 43.4 Å². The van der Waals surface area contributed by atoms with Crippen LogP contribution in [0.5, 0.6) is 5.75 Å². The highest BCUT2D eigenvalue weighted by Crippen LogP contribution is 2.12. The fourth-order valence-corrected chi connectivity index (χ4v) is 3.15. The minimum Gasteiger partial charge on any atom is -0.508 e. The average Bonchev–Trinajstić information content (AvgIpc) is 2.80. The van der Waals surface area contributed by atoms with Crippen molar-refractivity contribution in [3.8, 4) is 5.75 Å². The van der Waals surface area contributed by atoms with Crippen molar-refractivity contribution in [3.63, 3.8) is 0 Å². The third-order valence-corrected chi connectivity index (χ3v) is 5.36. The van der Waals surface area contributed by atoms with Crippen LogP contribution in [0.15, 0.2) is 24.3 Å². The largest absolute Gasteiger partial charge is 0.508 e. The second kappa shape index (κ2) is 14.4. The van der Waals surface area contributed by atoms with Gasteiger partial charge in [-0.3, -0.25) is 24.0 Å². The van der Waals surface area contributed by atoms with Crippen molar-refractivity contribution in [2.24, 2.45) is 23.1 Å². The number of carboxylic acids is 1. The van der Waals surface area contributed by atoms with Crippen LogP contribution >= 0.6 is 0 Å². The number of hydrogen-bond donors (Lipinski definition) is 8. The number of carbonyl (C=O) groups is 6. The van der Waals surface area contributed by atoms with Crippen LogP contribution in [-0.4, -0.2) is 69.9 Å². The molecule has 14 heteroatoms. The van der Waals surface area contributed by atoms with E-state index < -0.39 is 66.1 Å². The quantitative estimate of drug-likeness (QED) is 0.122. The molecular weight excluding hydrogens is 488 g/mol. The second-order valence-electron chi connectivity index (χ2n) is 8.84. The van der Waals surface area contributed by atoms with E-state index in [2.05, 4.69) is 16.0 Å². The van der Waals surface area contributed by atoms with Gasteiger partial charge in [-0.1, -0.05) is 26.0 Å². The number of aromatic hydroxyl groups is 1. The van der Waals surface area contributed by atoms with Gasteiger partial charge >= 0.3 is 5.97 Å². The van der Waals surface area contributed by atoms with E-state index in [1.807, 2.05) is 0 Å². The molecule has 0 saturated carbocycles. The molecule has 1 aromatic carbocycles. The number of aliphatic carboxylic acids is 1. The van der Waals surface area contributed by atoms with E-state index in [0.717, 1.165) is 0 Å². The molecule has 0 aromatic heterocycles. The summed E-state index contributed by atoms with van der Waals surface area (Å²) in [6.45, 7) is 3.37. The molecular formula is C23H34N6O8. The number of nitrogens with two attached hydrogens (primary N) is 3.